The Morgan fingerprint density at radius 2 is 1.61 bits per heavy atom. The number of carbonyl (C=O) groups is 1. The van der Waals surface area contributed by atoms with Gasteiger partial charge in [0.2, 0.25) is 5.91 Å². The molecule has 1 amide bonds. The maximum absolute atomic E-state index is 12.6. The highest BCUT2D eigenvalue weighted by Gasteiger charge is 2.11. The number of hydrogen-bond acceptors (Lipinski definition) is 3. The first-order chi connectivity index (χ1) is 13.7. The maximum Gasteiger partial charge on any atom is 0.275 e. The second-order valence-electron chi connectivity index (χ2n) is 6.56. The number of nitrogens with one attached hydrogen (secondary N) is 1. The van der Waals surface area contributed by atoms with Gasteiger partial charge in [-0.05, 0) is 29.7 Å². The van der Waals surface area contributed by atoms with E-state index in [1.165, 1.54) is 4.68 Å². The summed E-state index contributed by atoms with van der Waals surface area (Å²) in [4.78, 5) is 25.1. The van der Waals surface area contributed by atoms with Crippen LogP contribution in [0.4, 0.5) is 5.69 Å². The number of hydrogen-bond donors (Lipinski definition) is 1. The number of aromatic nitrogens is 2. The van der Waals surface area contributed by atoms with Gasteiger partial charge < -0.3 is 5.32 Å². The largest absolute Gasteiger partial charge is 0.324 e. The van der Waals surface area contributed by atoms with Crippen molar-refractivity contribution < 1.29 is 4.79 Å². The number of nitrogens with zero attached hydrogens (tertiary/aromatic N) is 2. The van der Waals surface area contributed by atoms with E-state index in [0.717, 1.165) is 22.2 Å². The second-order valence-corrected chi connectivity index (χ2v) is 6.56. The quantitative estimate of drug-likeness (QED) is 0.584. The van der Waals surface area contributed by atoms with E-state index in [1.807, 2.05) is 54.6 Å². The van der Waals surface area contributed by atoms with Crippen molar-refractivity contribution in [2.45, 2.75) is 13.0 Å². The third-order valence-electron chi connectivity index (χ3n) is 4.58. The molecule has 0 aliphatic rings. The summed E-state index contributed by atoms with van der Waals surface area (Å²) in [6.45, 7) is -0.136. The molecule has 138 valence electrons. The van der Waals surface area contributed by atoms with E-state index in [2.05, 4.69) is 22.5 Å². The van der Waals surface area contributed by atoms with E-state index in [0.29, 0.717) is 11.8 Å². The number of rotatable bonds is 5. The molecule has 0 aliphatic carbocycles. The van der Waals surface area contributed by atoms with Crippen LogP contribution in [0.15, 0.2) is 89.9 Å². The number of fused-ring (bicyclic) bond motifs is 1. The van der Waals surface area contributed by atoms with Crippen LogP contribution in [0, 0.1) is 0 Å². The van der Waals surface area contributed by atoms with Crippen LogP contribution in [0.1, 0.15) is 11.1 Å². The molecule has 28 heavy (non-hydrogen) atoms. The molecule has 0 aliphatic heterocycles. The maximum atomic E-state index is 12.6. The topological polar surface area (TPSA) is 64.0 Å². The first-order valence-corrected chi connectivity index (χ1v) is 9.07. The van der Waals surface area contributed by atoms with Crippen LogP contribution >= 0.6 is 0 Å². The van der Waals surface area contributed by atoms with Crippen LogP contribution in [0.25, 0.3) is 10.8 Å². The molecule has 0 spiro atoms. The van der Waals surface area contributed by atoms with Crippen molar-refractivity contribution in [2.75, 3.05) is 5.32 Å². The van der Waals surface area contributed by atoms with Crippen molar-refractivity contribution >= 4 is 22.4 Å². The third kappa shape index (κ3) is 3.83. The summed E-state index contributed by atoms with van der Waals surface area (Å²) in [6, 6.07) is 25.0. The van der Waals surface area contributed by atoms with Gasteiger partial charge in [0, 0.05) is 11.1 Å². The summed E-state index contributed by atoms with van der Waals surface area (Å²) in [5, 5.41) is 8.35. The summed E-state index contributed by atoms with van der Waals surface area (Å²) < 4.78 is 1.19. The SMILES string of the molecule is O=C(Cn1ncc2ccccc2c1=O)Nc1ccccc1Cc1ccccc1. The molecule has 0 radical (unpaired) electrons. The van der Waals surface area contributed by atoms with Crippen LogP contribution in [-0.2, 0) is 17.8 Å². The van der Waals surface area contributed by atoms with Crippen LogP contribution < -0.4 is 10.9 Å². The minimum Gasteiger partial charge on any atom is -0.324 e. The van der Waals surface area contributed by atoms with Crippen molar-refractivity contribution in [1.29, 1.82) is 0 Å². The van der Waals surface area contributed by atoms with E-state index in [4.69, 9.17) is 0 Å². The van der Waals surface area contributed by atoms with E-state index in [9.17, 15) is 9.59 Å². The monoisotopic (exact) mass is 369 g/mol. The molecule has 0 fully saturated rings. The molecule has 0 saturated carbocycles. The van der Waals surface area contributed by atoms with Crippen LogP contribution in [0.2, 0.25) is 0 Å². The zero-order valence-electron chi connectivity index (χ0n) is 15.2. The van der Waals surface area contributed by atoms with Crippen molar-refractivity contribution in [3.05, 3.63) is 107 Å². The van der Waals surface area contributed by atoms with Crippen LogP contribution in [0.5, 0.6) is 0 Å². The fraction of sp³-hybridized carbons (Fsp3) is 0.0870. The van der Waals surface area contributed by atoms with Gasteiger partial charge in [0.25, 0.3) is 5.56 Å². The Morgan fingerprint density at radius 1 is 0.893 bits per heavy atom. The highest BCUT2D eigenvalue weighted by molar-refractivity contribution is 5.91. The van der Waals surface area contributed by atoms with Gasteiger partial charge >= 0.3 is 0 Å². The smallest absolute Gasteiger partial charge is 0.275 e. The zero-order valence-corrected chi connectivity index (χ0v) is 15.2. The summed E-state index contributed by atoms with van der Waals surface area (Å²) in [7, 11) is 0. The van der Waals surface area contributed by atoms with E-state index in [-0.39, 0.29) is 18.0 Å². The molecular formula is C23H19N3O2. The Bertz CT molecular complexity index is 1180. The number of benzene rings is 3. The summed E-state index contributed by atoms with van der Waals surface area (Å²) >= 11 is 0. The zero-order chi connectivity index (χ0) is 19.3. The number of amides is 1. The van der Waals surface area contributed by atoms with E-state index < -0.39 is 0 Å². The van der Waals surface area contributed by atoms with Gasteiger partial charge in [-0.3, -0.25) is 9.59 Å². The average Bonchev–Trinajstić information content (AvgIpc) is 2.72. The molecule has 0 unspecified atom stereocenters. The second kappa shape index (κ2) is 7.88. The number of carbonyl (C=O) groups excluding carboxylic acids is 1. The molecule has 0 bridgehead atoms. The highest BCUT2D eigenvalue weighted by atomic mass is 16.2. The first kappa shape index (κ1) is 17.7. The Hall–Kier alpha value is -3.73. The Morgan fingerprint density at radius 3 is 2.46 bits per heavy atom. The third-order valence-corrected chi connectivity index (χ3v) is 4.58. The molecule has 1 heterocycles. The van der Waals surface area contributed by atoms with Gasteiger partial charge in [0.05, 0.1) is 11.6 Å². The molecule has 4 rings (SSSR count). The fourth-order valence-electron chi connectivity index (χ4n) is 3.18. The minimum atomic E-state index is -0.287. The Kier molecular flexibility index (Phi) is 4.97. The lowest BCUT2D eigenvalue weighted by atomic mass is 10.0. The molecule has 5 nitrogen and oxygen atoms in total. The first-order valence-electron chi connectivity index (χ1n) is 9.07. The summed E-state index contributed by atoms with van der Waals surface area (Å²) in [5.74, 6) is -0.287. The van der Waals surface area contributed by atoms with Crippen LogP contribution in [-0.4, -0.2) is 15.7 Å². The molecule has 5 heteroatoms. The summed E-state index contributed by atoms with van der Waals surface area (Å²) in [5.41, 5.74) is 2.65. The van der Waals surface area contributed by atoms with E-state index >= 15 is 0 Å². The normalized spacial score (nSPS) is 10.7. The molecular weight excluding hydrogens is 350 g/mol. The highest BCUT2D eigenvalue weighted by Crippen LogP contribution is 2.19. The van der Waals surface area contributed by atoms with Gasteiger partial charge in [0.15, 0.2) is 0 Å². The lowest BCUT2D eigenvalue weighted by molar-refractivity contribution is -0.117. The minimum absolute atomic E-state index is 0.136. The predicted octanol–water partition coefficient (Wildman–Crippen LogP) is 3.63. The van der Waals surface area contributed by atoms with Gasteiger partial charge in [0.1, 0.15) is 6.54 Å². The van der Waals surface area contributed by atoms with Gasteiger partial charge in [-0.2, -0.15) is 5.10 Å². The molecule has 0 atom stereocenters. The van der Waals surface area contributed by atoms with Crippen molar-refractivity contribution in [3.63, 3.8) is 0 Å². The molecule has 3 aromatic carbocycles. The molecule has 1 N–H and O–H groups in total. The van der Waals surface area contributed by atoms with Gasteiger partial charge in [-0.1, -0.05) is 66.7 Å². The predicted molar refractivity (Wildman–Crippen MR) is 110 cm³/mol. The number of para-hydroxylation sites is 1. The molecule has 4 aromatic rings. The fourth-order valence-corrected chi connectivity index (χ4v) is 3.18. The van der Waals surface area contributed by atoms with Crippen molar-refractivity contribution in [3.8, 4) is 0 Å². The Labute approximate surface area is 162 Å². The number of anilines is 1. The average molecular weight is 369 g/mol. The van der Waals surface area contributed by atoms with Crippen LogP contribution in [0.3, 0.4) is 0 Å². The van der Waals surface area contributed by atoms with Gasteiger partial charge in [-0.25, -0.2) is 4.68 Å². The lowest BCUT2D eigenvalue weighted by Crippen LogP contribution is -2.29. The standard InChI is InChI=1S/C23H19N3O2/c27-22(16-26-23(28)20-12-6-4-11-19(20)15-24-26)25-21-13-7-5-10-18(21)14-17-8-2-1-3-9-17/h1-13,15H,14,16H2,(H,25,27). The van der Waals surface area contributed by atoms with Gasteiger partial charge in [-0.15, -0.1) is 0 Å². The van der Waals surface area contributed by atoms with E-state index in [1.54, 1.807) is 18.3 Å². The van der Waals surface area contributed by atoms with Crippen molar-refractivity contribution in [2.24, 2.45) is 0 Å². The lowest BCUT2D eigenvalue weighted by Gasteiger charge is -2.12. The molecule has 1 aromatic heterocycles. The van der Waals surface area contributed by atoms with Crippen molar-refractivity contribution in [1.82, 2.24) is 9.78 Å². The molecule has 0 saturated heterocycles. The summed E-state index contributed by atoms with van der Waals surface area (Å²) in [6.07, 6.45) is 2.32. The Balaban J connectivity index is 1.53.